The molecule has 6 nitrogen and oxygen atoms in total. The van der Waals surface area contributed by atoms with Gasteiger partial charge in [-0.3, -0.25) is 14.9 Å². The average molecular weight is 297 g/mol. The van der Waals surface area contributed by atoms with E-state index in [0.29, 0.717) is 12.5 Å². The molecule has 1 unspecified atom stereocenters. The fraction of sp³-hybridized carbons (Fsp3) is 0.500. The van der Waals surface area contributed by atoms with E-state index in [-0.39, 0.29) is 23.7 Å². The van der Waals surface area contributed by atoms with Gasteiger partial charge in [-0.05, 0) is 30.9 Å². The molecular formula is C14H20FN3O3. The molecule has 0 fully saturated rings. The fourth-order valence-corrected chi connectivity index (χ4v) is 2.16. The van der Waals surface area contributed by atoms with Crippen LogP contribution in [-0.2, 0) is 4.79 Å². The maximum absolute atomic E-state index is 13.2. The summed E-state index contributed by atoms with van der Waals surface area (Å²) in [6, 6.07) is 2.95. The highest BCUT2D eigenvalue weighted by Gasteiger charge is 2.19. The molecule has 0 bridgehead atoms. The minimum atomic E-state index is -0.663. The van der Waals surface area contributed by atoms with Gasteiger partial charge in [-0.2, -0.15) is 0 Å². The van der Waals surface area contributed by atoms with Crippen LogP contribution in [0.2, 0.25) is 0 Å². The van der Waals surface area contributed by atoms with Gasteiger partial charge in [0.25, 0.3) is 5.69 Å². The van der Waals surface area contributed by atoms with Gasteiger partial charge in [0.2, 0.25) is 5.91 Å². The van der Waals surface area contributed by atoms with Crippen molar-refractivity contribution in [1.82, 2.24) is 0 Å². The number of carbonyl (C=O) groups excluding carboxylic acids is 1. The molecule has 116 valence electrons. The predicted molar refractivity (Wildman–Crippen MR) is 78.3 cm³/mol. The number of amides is 1. The zero-order valence-corrected chi connectivity index (χ0v) is 12.1. The van der Waals surface area contributed by atoms with Crippen LogP contribution in [0.3, 0.4) is 0 Å². The Labute approximate surface area is 122 Å². The summed E-state index contributed by atoms with van der Waals surface area (Å²) in [7, 11) is 0. The molecule has 7 heteroatoms. The summed E-state index contributed by atoms with van der Waals surface area (Å²) < 4.78 is 13.2. The van der Waals surface area contributed by atoms with Crippen LogP contribution >= 0.6 is 0 Å². The van der Waals surface area contributed by atoms with Gasteiger partial charge in [0, 0.05) is 18.6 Å². The normalized spacial score (nSPS) is 12.2. The summed E-state index contributed by atoms with van der Waals surface area (Å²) in [6.07, 6.45) is 0.942. The number of anilines is 1. The molecule has 1 aromatic carbocycles. The number of benzene rings is 1. The number of carbonyl (C=O) groups is 1. The first kappa shape index (κ1) is 17.0. The van der Waals surface area contributed by atoms with Gasteiger partial charge in [0.05, 0.1) is 4.92 Å². The molecule has 1 aromatic rings. The van der Waals surface area contributed by atoms with E-state index in [1.165, 1.54) is 0 Å². The fourth-order valence-electron chi connectivity index (χ4n) is 2.16. The average Bonchev–Trinajstić information content (AvgIpc) is 2.36. The first-order chi connectivity index (χ1) is 9.83. The van der Waals surface area contributed by atoms with Crippen molar-refractivity contribution < 1.29 is 14.1 Å². The largest absolute Gasteiger partial charge is 0.330 e. The van der Waals surface area contributed by atoms with E-state index in [9.17, 15) is 19.3 Å². The molecule has 0 aromatic heterocycles. The van der Waals surface area contributed by atoms with Crippen molar-refractivity contribution in [2.75, 3.05) is 11.9 Å². The first-order valence-corrected chi connectivity index (χ1v) is 6.77. The summed E-state index contributed by atoms with van der Waals surface area (Å²) in [5.41, 5.74) is 5.15. The number of nitrogens with two attached hydrogens (primary N) is 1. The standard InChI is InChI=1S/C14H20FN3O3/c1-9(2)5-10(8-16)6-14(19)17-12-7-11(15)3-4-13(12)18(20)21/h3-4,7,9-10H,5-6,8,16H2,1-2H3,(H,17,19). The highest BCUT2D eigenvalue weighted by atomic mass is 19.1. The Balaban J connectivity index is 2.78. The van der Waals surface area contributed by atoms with Gasteiger partial charge in [-0.25, -0.2) is 4.39 Å². The maximum Gasteiger partial charge on any atom is 0.292 e. The molecule has 0 radical (unpaired) electrons. The van der Waals surface area contributed by atoms with Gasteiger partial charge in [-0.15, -0.1) is 0 Å². The van der Waals surface area contributed by atoms with Crippen LogP contribution in [0.15, 0.2) is 18.2 Å². The number of hydrogen-bond donors (Lipinski definition) is 2. The summed E-state index contributed by atoms with van der Waals surface area (Å²) in [5, 5.41) is 13.2. The van der Waals surface area contributed by atoms with Crippen molar-refractivity contribution in [1.29, 1.82) is 0 Å². The monoisotopic (exact) mass is 297 g/mol. The molecule has 0 aliphatic heterocycles. The van der Waals surface area contributed by atoms with E-state index in [1.54, 1.807) is 0 Å². The molecule has 0 aliphatic rings. The van der Waals surface area contributed by atoms with Gasteiger partial charge < -0.3 is 11.1 Å². The Bertz CT molecular complexity index is 520. The van der Waals surface area contributed by atoms with Gasteiger partial charge >= 0.3 is 0 Å². The third-order valence-corrected chi connectivity index (χ3v) is 3.04. The van der Waals surface area contributed by atoms with Crippen molar-refractivity contribution in [3.8, 4) is 0 Å². The van der Waals surface area contributed by atoms with Crippen molar-refractivity contribution in [3.63, 3.8) is 0 Å². The van der Waals surface area contributed by atoms with Gasteiger partial charge in [-0.1, -0.05) is 13.8 Å². The highest BCUT2D eigenvalue weighted by molar-refractivity contribution is 5.93. The van der Waals surface area contributed by atoms with E-state index in [4.69, 9.17) is 5.73 Å². The third kappa shape index (κ3) is 5.47. The van der Waals surface area contributed by atoms with E-state index >= 15 is 0 Å². The van der Waals surface area contributed by atoms with E-state index < -0.39 is 16.6 Å². The zero-order valence-electron chi connectivity index (χ0n) is 12.1. The Morgan fingerprint density at radius 1 is 1.48 bits per heavy atom. The van der Waals surface area contributed by atoms with Crippen LogP contribution in [0, 0.1) is 27.8 Å². The Morgan fingerprint density at radius 3 is 2.67 bits per heavy atom. The van der Waals surface area contributed by atoms with Gasteiger partial charge in [0.15, 0.2) is 0 Å². The highest BCUT2D eigenvalue weighted by Crippen LogP contribution is 2.25. The number of nitrogens with one attached hydrogen (secondary N) is 1. The number of nitro groups is 1. The number of nitro benzene ring substituents is 1. The van der Waals surface area contributed by atoms with Crippen LogP contribution in [0.4, 0.5) is 15.8 Å². The minimum absolute atomic E-state index is 0.00221. The second-order valence-electron chi connectivity index (χ2n) is 5.40. The number of nitrogens with zero attached hydrogens (tertiary/aromatic N) is 1. The Kier molecular flexibility index (Phi) is 6.23. The van der Waals surface area contributed by atoms with E-state index in [2.05, 4.69) is 5.32 Å². The molecule has 21 heavy (non-hydrogen) atoms. The summed E-state index contributed by atoms with van der Waals surface area (Å²) in [6.45, 7) is 4.41. The number of hydrogen-bond acceptors (Lipinski definition) is 4. The van der Waals surface area contributed by atoms with Crippen LogP contribution in [0.25, 0.3) is 0 Å². The van der Waals surface area contributed by atoms with Crippen molar-refractivity contribution in [2.45, 2.75) is 26.7 Å². The van der Waals surface area contributed by atoms with Gasteiger partial charge in [0.1, 0.15) is 11.5 Å². The molecule has 0 saturated heterocycles. The summed E-state index contributed by atoms with van der Waals surface area (Å²) in [4.78, 5) is 22.1. The van der Waals surface area contributed by atoms with Crippen molar-refractivity contribution in [3.05, 3.63) is 34.1 Å². The lowest BCUT2D eigenvalue weighted by atomic mass is 9.94. The van der Waals surface area contributed by atoms with Crippen LogP contribution in [-0.4, -0.2) is 17.4 Å². The molecular weight excluding hydrogens is 277 g/mol. The quantitative estimate of drug-likeness (QED) is 0.597. The smallest absolute Gasteiger partial charge is 0.292 e. The lowest BCUT2D eigenvalue weighted by molar-refractivity contribution is -0.384. The topological polar surface area (TPSA) is 98.3 Å². The molecule has 1 rings (SSSR count). The lowest BCUT2D eigenvalue weighted by Crippen LogP contribution is -2.23. The third-order valence-electron chi connectivity index (χ3n) is 3.04. The van der Waals surface area contributed by atoms with Crippen LogP contribution < -0.4 is 11.1 Å². The minimum Gasteiger partial charge on any atom is -0.330 e. The SMILES string of the molecule is CC(C)CC(CN)CC(=O)Nc1cc(F)ccc1[N+](=O)[O-]. The van der Waals surface area contributed by atoms with Crippen molar-refractivity contribution >= 4 is 17.3 Å². The number of halogens is 1. The molecule has 0 saturated carbocycles. The first-order valence-electron chi connectivity index (χ1n) is 6.77. The van der Waals surface area contributed by atoms with Crippen LogP contribution in [0.1, 0.15) is 26.7 Å². The Hall–Kier alpha value is -2.02. The molecule has 1 atom stereocenters. The molecule has 0 spiro atoms. The summed E-state index contributed by atoms with van der Waals surface area (Å²) in [5.74, 6) is -0.652. The summed E-state index contributed by atoms with van der Waals surface area (Å²) >= 11 is 0. The molecule has 1 amide bonds. The second-order valence-corrected chi connectivity index (χ2v) is 5.40. The molecule has 0 heterocycles. The predicted octanol–water partition coefficient (Wildman–Crippen LogP) is 2.68. The number of rotatable bonds is 7. The second kappa shape index (κ2) is 7.68. The lowest BCUT2D eigenvalue weighted by Gasteiger charge is -2.16. The maximum atomic E-state index is 13.2. The van der Waals surface area contributed by atoms with E-state index in [0.717, 1.165) is 24.6 Å². The Morgan fingerprint density at radius 2 is 2.14 bits per heavy atom. The molecule has 0 aliphatic carbocycles. The van der Waals surface area contributed by atoms with Crippen LogP contribution in [0.5, 0.6) is 0 Å². The van der Waals surface area contributed by atoms with E-state index in [1.807, 2.05) is 13.8 Å². The zero-order chi connectivity index (χ0) is 16.0. The van der Waals surface area contributed by atoms with Crippen molar-refractivity contribution in [2.24, 2.45) is 17.6 Å². The molecule has 3 N–H and O–H groups in total.